The van der Waals surface area contributed by atoms with E-state index < -0.39 is 5.25 Å². The van der Waals surface area contributed by atoms with Crippen molar-refractivity contribution in [3.8, 4) is 11.3 Å². The van der Waals surface area contributed by atoms with Crippen LogP contribution in [0.4, 0.5) is 0 Å². The first-order chi connectivity index (χ1) is 18.2. The molecule has 184 valence electrons. The minimum Gasteiger partial charge on any atom is -0.354 e. The molecule has 1 fully saturated rings. The van der Waals surface area contributed by atoms with Crippen LogP contribution >= 0.6 is 11.8 Å². The maximum atomic E-state index is 12.9. The molecule has 1 aromatic heterocycles. The maximum Gasteiger partial charge on any atom is 0.240 e. The number of amides is 1. The summed E-state index contributed by atoms with van der Waals surface area (Å²) in [6, 6.07) is 24.1. The van der Waals surface area contributed by atoms with Gasteiger partial charge in [-0.2, -0.15) is 5.10 Å². The molecule has 1 saturated heterocycles. The number of nitrogens with zero attached hydrogens (tertiary/aromatic N) is 2. The smallest absolute Gasteiger partial charge is 0.240 e. The SMILES string of the molecule is O=C(C[C@H]1S/C(=N\N=C/c2c(-c3ccccc3)[nH]c3ccccc23)NC1=O)c1ccc2c(c1)CCCC2. The molecule has 0 saturated carbocycles. The van der Waals surface area contributed by atoms with E-state index >= 15 is 0 Å². The van der Waals surface area contributed by atoms with Gasteiger partial charge in [0.25, 0.3) is 0 Å². The molecule has 7 heteroatoms. The summed E-state index contributed by atoms with van der Waals surface area (Å²) in [5.41, 5.74) is 7.25. The van der Waals surface area contributed by atoms with Crippen LogP contribution in [0.3, 0.4) is 0 Å². The number of nitrogens with one attached hydrogen (secondary N) is 2. The van der Waals surface area contributed by atoms with Crippen molar-refractivity contribution >= 4 is 45.7 Å². The molecule has 3 aromatic carbocycles. The number of thioether (sulfide) groups is 1. The Labute approximate surface area is 219 Å². The molecule has 0 spiro atoms. The van der Waals surface area contributed by atoms with Gasteiger partial charge >= 0.3 is 0 Å². The zero-order valence-electron chi connectivity index (χ0n) is 20.2. The topological polar surface area (TPSA) is 86.7 Å². The highest BCUT2D eigenvalue weighted by Crippen LogP contribution is 2.30. The zero-order chi connectivity index (χ0) is 25.2. The Kier molecular flexibility index (Phi) is 6.45. The Morgan fingerprint density at radius 1 is 0.973 bits per heavy atom. The number of carbonyl (C=O) groups excluding carboxylic acids is 2. The highest BCUT2D eigenvalue weighted by molar-refractivity contribution is 8.15. The lowest BCUT2D eigenvalue weighted by molar-refractivity contribution is -0.118. The molecule has 1 aliphatic carbocycles. The quantitative estimate of drug-likeness (QED) is 0.194. The largest absolute Gasteiger partial charge is 0.354 e. The van der Waals surface area contributed by atoms with Gasteiger partial charge in [0.2, 0.25) is 5.91 Å². The van der Waals surface area contributed by atoms with E-state index in [1.165, 1.54) is 29.3 Å². The molecule has 4 aromatic rings. The molecular weight excluding hydrogens is 480 g/mol. The number of benzene rings is 3. The van der Waals surface area contributed by atoms with Crippen LogP contribution in [0.1, 0.15) is 46.3 Å². The first-order valence-corrected chi connectivity index (χ1v) is 13.4. The normalized spacial score (nSPS) is 18.4. The van der Waals surface area contributed by atoms with Gasteiger partial charge in [-0.1, -0.05) is 72.4 Å². The monoisotopic (exact) mass is 506 g/mol. The van der Waals surface area contributed by atoms with Gasteiger partial charge in [0.15, 0.2) is 11.0 Å². The van der Waals surface area contributed by atoms with Crippen LogP contribution in [0, 0.1) is 0 Å². The number of aromatic nitrogens is 1. The molecule has 1 amide bonds. The van der Waals surface area contributed by atoms with E-state index in [9.17, 15) is 9.59 Å². The second-order valence-corrected chi connectivity index (χ2v) is 10.6. The Morgan fingerprint density at radius 3 is 2.62 bits per heavy atom. The number of rotatable bonds is 6. The van der Waals surface area contributed by atoms with Crippen molar-refractivity contribution in [3.63, 3.8) is 0 Å². The Bertz CT molecular complexity index is 1550. The molecule has 37 heavy (non-hydrogen) atoms. The summed E-state index contributed by atoms with van der Waals surface area (Å²) in [5.74, 6) is -0.223. The van der Waals surface area contributed by atoms with E-state index in [4.69, 9.17) is 0 Å². The Morgan fingerprint density at radius 2 is 1.76 bits per heavy atom. The lowest BCUT2D eigenvalue weighted by Gasteiger charge is -2.16. The van der Waals surface area contributed by atoms with E-state index in [1.54, 1.807) is 6.21 Å². The van der Waals surface area contributed by atoms with Gasteiger partial charge in [0, 0.05) is 28.5 Å². The van der Waals surface area contributed by atoms with Gasteiger partial charge in [0.05, 0.1) is 17.2 Å². The second-order valence-electron chi connectivity index (χ2n) is 9.39. The second kappa shape index (κ2) is 10.2. The minimum absolute atomic E-state index is 0.0166. The summed E-state index contributed by atoms with van der Waals surface area (Å²) < 4.78 is 0. The average Bonchev–Trinajstić information content (AvgIpc) is 3.48. The lowest BCUT2D eigenvalue weighted by atomic mass is 9.89. The number of aromatic amines is 1. The summed E-state index contributed by atoms with van der Waals surface area (Å²) in [5, 5.41) is 12.3. The summed E-state index contributed by atoms with van der Waals surface area (Å²) in [7, 11) is 0. The highest BCUT2D eigenvalue weighted by Gasteiger charge is 2.32. The van der Waals surface area contributed by atoms with Crippen molar-refractivity contribution < 1.29 is 9.59 Å². The Hall–Kier alpha value is -3.97. The number of carbonyl (C=O) groups is 2. The fourth-order valence-electron chi connectivity index (χ4n) is 5.05. The van der Waals surface area contributed by atoms with Crippen LogP contribution in [0.2, 0.25) is 0 Å². The standard InChI is InChI=1S/C30H26N4O2S/c35-26(22-15-14-19-8-4-5-11-21(19)16-22)17-27-29(36)33-30(37-27)34-31-18-24-23-12-6-7-13-25(23)32-28(24)20-9-2-1-3-10-20/h1-3,6-7,9-10,12-16,18,27,32H,4-5,8,11,17H2,(H,33,34,36)/b31-18-/t27-/m1/s1. The summed E-state index contributed by atoms with van der Waals surface area (Å²) in [6.07, 6.45) is 6.32. The van der Waals surface area contributed by atoms with Gasteiger partial charge in [-0.25, -0.2) is 0 Å². The predicted molar refractivity (Wildman–Crippen MR) is 150 cm³/mol. The number of amidine groups is 1. The number of Topliss-reactive ketones (excluding diaryl/α,β-unsaturated/α-hetero) is 1. The lowest BCUT2D eigenvalue weighted by Crippen LogP contribution is -2.26. The van der Waals surface area contributed by atoms with E-state index in [-0.39, 0.29) is 18.1 Å². The van der Waals surface area contributed by atoms with Crippen LogP contribution in [0.15, 0.2) is 83.0 Å². The number of ketones is 1. The summed E-state index contributed by atoms with van der Waals surface area (Å²) >= 11 is 1.26. The third-order valence-corrected chi connectivity index (χ3v) is 8.03. The molecule has 6 rings (SSSR count). The third-order valence-electron chi connectivity index (χ3n) is 6.96. The highest BCUT2D eigenvalue weighted by atomic mass is 32.2. The van der Waals surface area contributed by atoms with E-state index in [2.05, 4.69) is 26.6 Å². The van der Waals surface area contributed by atoms with Crippen LogP contribution < -0.4 is 5.32 Å². The number of fused-ring (bicyclic) bond motifs is 2. The fourth-order valence-corrected chi connectivity index (χ4v) is 5.97. The van der Waals surface area contributed by atoms with Crippen molar-refractivity contribution in [1.29, 1.82) is 0 Å². The average molecular weight is 507 g/mol. The van der Waals surface area contributed by atoms with Crippen molar-refractivity contribution in [2.45, 2.75) is 37.4 Å². The van der Waals surface area contributed by atoms with Crippen molar-refractivity contribution in [2.75, 3.05) is 0 Å². The fraction of sp³-hybridized carbons (Fsp3) is 0.200. The van der Waals surface area contributed by atoms with Gasteiger partial charge in [-0.15, -0.1) is 5.10 Å². The summed E-state index contributed by atoms with van der Waals surface area (Å²) in [6.45, 7) is 0. The van der Waals surface area contributed by atoms with Crippen molar-refractivity contribution in [3.05, 3.63) is 95.1 Å². The molecular formula is C30H26N4O2S. The molecule has 1 atom stereocenters. The van der Waals surface area contributed by atoms with Gasteiger partial charge in [0.1, 0.15) is 0 Å². The first kappa shape index (κ1) is 23.4. The number of hydrogen-bond acceptors (Lipinski definition) is 5. The maximum absolute atomic E-state index is 12.9. The molecule has 0 unspecified atom stereocenters. The van der Waals surface area contributed by atoms with Gasteiger partial charge in [-0.05, 0) is 54.5 Å². The first-order valence-electron chi connectivity index (χ1n) is 12.6. The number of H-pyrrole nitrogens is 1. The Balaban J connectivity index is 1.18. The van der Waals surface area contributed by atoms with Crippen LogP contribution in [0.25, 0.3) is 22.2 Å². The zero-order valence-corrected chi connectivity index (χ0v) is 21.1. The van der Waals surface area contributed by atoms with Crippen LogP contribution in [0.5, 0.6) is 0 Å². The van der Waals surface area contributed by atoms with Crippen LogP contribution in [-0.4, -0.2) is 33.3 Å². The van der Waals surface area contributed by atoms with Gasteiger partial charge in [-0.3, -0.25) is 9.59 Å². The number of aryl methyl sites for hydroxylation is 2. The molecule has 1 aliphatic heterocycles. The summed E-state index contributed by atoms with van der Waals surface area (Å²) in [4.78, 5) is 29.0. The molecule has 0 radical (unpaired) electrons. The third kappa shape index (κ3) is 4.87. The van der Waals surface area contributed by atoms with Crippen molar-refractivity contribution in [2.24, 2.45) is 10.2 Å². The number of hydrogen-bond donors (Lipinski definition) is 2. The van der Waals surface area contributed by atoms with E-state index in [0.717, 1.165) is 47.0 Å². The minimum atomic E-state index is -0.509. The number of para-hydroxylation sites is 1. The van der Waals surface area contributed by atoms with Gasteiger partial charge < -0.3 is 10.3 Å². The van der Waals surface area contributed by atoms with Crippen LogP contribution in [-0.2, 0) is 17.6 Å². The molecule has 2 heterocycles. The molecule has 6 nitrogen and oxygen atoms in total. The van der Waals surface area contributed by atoms with E-state index in [0.29, 0.717) is 10.7 Å². The predicted octanol–water partition coefficient (Wildman–Crippen LogP) is 5.91. The van der Waals surface area contributed by atoms with Crippen molar-refractivity contribution in [1.82, 2.24) is 10.3 Å². The molecule has 2 aliphatic rings. The molecule has 0 bridgehead atoms. The van der Waals surface area contributed by atoms with E-state index in [1.807, 2.05) is 66.7 Å². The molecule has 2 N–H and O–H groups in total.